The van der Waals surface area contributed by atoms with Gasteiger partial charge in [0.05, 0.1) is 11.9 Å². The second-order valence-electron chi connectivity index (χ2n) is 5.44. The summed E-state index contributed by atoms with van der Waals surface area (Å²) in [6.07, 6.45) is 18.0. The van der Waals surface area contributed by atoms with Gasteiger partial charge in [-0.05, 0) is 27.0 Å². The number of thiol groups is 1. The minimum absolute atomic E-state index is 0.232. The first-order valence-electron chi connectivity index (χ1n) is 9.29. The Balaban J connectivity index is 0. The topological polar surface area (TPSA) is 96.2 Å². The molecule has 1 aromatic rings. The molecule has 0 saturated carbocycles. The lowest BCUT2D eigenvalue weighted by Gasteiger charge is -2.24. The largest absolute Gasteiger partial charge is 0.400 e. The number of nitrogens with two attached hydrogens (primary N) is 1. The molecule has 0 unspecified atom stereocenters. The van der Waals surface area contributed by atoms with E-state index in [4.69, 9.17) is 5.73 Å². The molecule has 166 valence electrons. The lowest BCUT2D eigenvalue weighted by atomic mass is 10.3. The highest BCUT2D eigenvalue weighted by Gasteiger charge is 2.10. The van der Waals surface area contributed by atoms with Gasteiger partial charge in [0.1, 0.15) is 11.5 Å². The Hall–Kier alpha value is -2.83. The molecule has 1 rings (SSSR count). The number of nitrogens with zero attached hydrogens (tertiary/aromatic N) is 3. The molecule has 0 fully saturated rings. The van der Waals surface area contributed by atoms with Gasteiger partial charge in [0.2, 0.25) is 0 Å². The van der Waals surface area contributed by atoms with Gasteiger partial charge in [-0.1, -0.05) is 6.08 Å². The van der Waals surface area contributed by atoms with Crippen molar-refractivity contribution < 1.29 is 9.18 Å². The Bertz CT molecular complexity index is 677. The van der Waals surface area contributed by atoms with Crippen molar-refractivity contribution in [1.29, 1.82) is 0 Å². The Labute approximate surface area is 185 Å². The van der Waals surface area contributed by atoms with Crippen molar-refractivity contribution in [3.05, 3.63) is 59.9 Å². The highest BCUT2D eigenvalue weighted by Crippen LogP contribution is 2.16. The maximum atomic E-state index is 14.1. The monoisotopic (exact) mass is 436 g/mol. The van der Waals surface area contributed by atoms with Crippen LogP contribution in [0.5, 0.6) is 0 Å². The fraction of sp³-hybridized carbons (Fsp3) is 0.381. The number of carbonyl (C=O) groups is 1. The van der Waals surface area contributed by atoms with Crippen LogP contribution < -0.4 is 16.4 Å². The summed E-state index contributed by atoms with van der Waals surface area (Å²) in [6, 6.07) is 0. The minimum atomic E-state index is -0.232. The van der Waals surface area contributed by atoms with Gasteiger partial charge >= 0.3 is 0 Å². The maximum absolute atomic E-state index is 14.1. The molecule has 30 heavy (non-hydrogen) atoms. The number of allylic oxidation sites excluding steroid dienone is 2. The van der Waals surface area contributed by atoms with E-state index in [-0.39, 0.29) is 5.83 Å². The number of halogens is 1. The van der Waals surface area contributed by atoms with Crippen molar-refractivity contribution in [3.8, 4) is 12.8 Å². The van der Waals surface area contributed by atoms with Crippen LogP contribution in [0, 0.1) is 12.8 Å². The van der Waals surface area contributed by atoms with Crippen molar-refractivity contribution >= 4 is 18.9 Å². The Morgan fingerprint density at radius 1 is 1.40 bits per heavy atom. The molecule has 0 radical (unpaired) electrons. The second kappa shape index (κ2) is 20.9. The zero-order chi connectivity index (χ0) is 23.2. The van der Waals surface area contributed by atoms with E-state index in [1.165, 1.54) is 24.7 Å². The van der Waals surface area contributed by atoms with Crippen LogP contribution in [-0.4, -0.2) is 60.1 Å². The molecule has 1 heterocycles. The summed E-state index contributed by atoms with van der Waals surface area (Å²) in [5, 5.41) is 5.90. The Morgan fingerprint density at radius 3 is 2.53 bits per heavy atom. The van der Waals surface area contributed by atoms with Crippen molar-refractivity contribution in [2.24, 2.45) is 5.73 Å². The van der Waals surface area contributed by atoms with Gasteiger partial charge in [-0.15, -0.1) is 12.8 Å². The summed E-state index contributed by atoms with van der Waals surface area (Å²) in [5.74, 6) is 0.462. The van der Waals surface area contributed by atoms with Crippen LogP contribution in [0.3, 0.4) is 0 Å². The molecular formula is C21H33FN6OS. The third-order valence-corrected chi connectivity index (χ3v) is 3.58. The van der Waals surface area contributed by atoms with Crippen LogP contribution in [0.25, 0.3) is 0 Å². The van der Waals surface area contributed by atoms with E-state index in [0.717, 1.165) is 13.1 Å². The van der Waals surface area contributed by atoms with Crippen LogP contribution in [0.4, 0.5) is 4.39 Å². The first-order valence-corrected chi connectivity index (χ1v) is 9.92. The van der Waals surface area contributed by atoms with Crippen LogP contribution in [0.15, 0.2) is 54.2 Å². The summed E-state index contributed by atoms with van der Waals surface area (Å²) < 4.78 is 14.1. The number of hydrogen-bond acceptors (Lipinski definition) is 8. The predicted molar refractivity (Wildman–Crippen MR) is 126 cm³/mol. The molecule has 0 amide bonds. The number of carbonyl (C=O) groups excluding carboxylic acids is 1. The lowest BCUT2D eigenvalue weighted by molar-refractivity contribution is 0.111. The Morgan fingerprint density at radius 2 is 2.10 bits per heavy atom. The smallest absolute Gasteiger partial charge is 0.170 e. The van der Waals surface area contributed by atoms with Crippen LogP contribution in [0.1, 0.15) is 24.3 Å². The average molecular weight is 437 g/mol. The summed E-state index contributed by atoms with van der Waals surface area (Å²) in [6.45, 7) is 6.31. The minimum Gasteiger partial charge on any atom is -0.400 e. The molecule has 0 aromatic carbocycles. The highest BCUT2D eigenvalue weighted by molar-refractivity contribution is 7.80. The molecular weight excluding hydrogens is 403 g/mol. The van der Waals surface area contributed by atoms with Crippen molar-refractivity contribution in [2.45, 2.75) is 13.8 Å². The summed E-state index contributed by atoms with van der Waals surface area (Å²) in [4.78, 5) is 19.2. The van der Waals surface area contributed by atoms with E-state index in [9.17, 15) is 9.18 Å². The molecule has 0 bridgehead atoms. The molecule has 9 heteroatoms. The van der Waals surface area contributed by atoms with Crippen molar-refractivity contribution in [2.75, 3.05) is 39.0 Å². The number of likely N-dealkylation sites (N-methyl/N-ethyl adjacent to an activating group) is 2. The van der Waals surface area contributed by atoms with E-state index in [1.54, 1.807) is 12.3 Å². The fourth-order valence-corrected chi connectivity index (χ4v) is 2.35. The van der Waals surface area contributed by atoms with Gasteiger partial charge in [-0.25, -0.2) is 4.39 Å². The van der Waals surface area contributed by atoms with Gasteiger partial charge in [0, 0.05) is 56.2 Å². The lowest BCUT2D eigenvalue weighted by Crippen LogP contribution is -2.25. The van der Waals surface area contributed by atoms with Crippen LogP contribution in [0.2, 0.25) is 0 Å². The molecule has 0 aliphatic carbocycles. The fourth-order valence-electron chi connectivity index (χ4n) is 2.11. The first-order chi connectivity index (χ1) is 14.5. The molecule has 4 N–H and O–H groups in total. The number of hydrogen-bond donors (Lipinski definition) is 4. The van der Waals surface area contributed by atoms with Gasteiger partial charge < -0.3 is 21.3 Å². The molecule has 0 spiro atoms. The van der Waals surface area contributed by atoms with E-state index in [0.29, 0.717) is 42.2 Å². The average Bonchev–Trinajstić information content (AvgIpc) is 2.79. The van der Waals surface area contributed by atoms with Gasteiger partial charge in [0.15, 0.2) is 6.29 Å². The van der Waals surface area contributed by atoms with Crippen molar-refractivity contribution in [3.63, 3.8) is 0 Å². The standard InChI is InChI=1S/C14H27FN4S.C5H4N2O.C2H2/c1-4-14(19(5-2)8-9-20)13(15)6-7-18-11-12(16)10-17-3;8-4-5-3-6-1-2-7-5;1-2/h4,6,11,17-18,20H,5,7-10,16H2,1-3H3;1-4H;1-2H/b12-11-,13-6+,14-4+;;. The van der Waals surface area contributed by atoms with Crippen molar-refractivity contribution in [1.82, 2.24) is 25.5 Å². The van der Waals surface area contributed by atoms with Crippen LogP contribution >= 0.6 is 12.6 Å². The Kier molecular flexibility index (Phi) is 20.5. The molecule has 0 aliphatic heterocycles. The number of aldehydes is 1. The molecule has 0 atom stereocenters. The number of nitrogens with one attached hydrogen (secondary N) is 2. The molecule has 1 aromatic heterocycles. The van der Waals surface area contributed by atoms with Gasteiger partial charge in [-0.2, -0.15) is 12.6 Å². The maximum Gasteiger partial charge on any atom is 0.170 e. The van der Waals surface area contributed by atoms with E-state index in [1.807, 2.05) is 25.8 Å². The van der Waals surface area contributed by atoms with E-state index < -0.39 is 0 Å². The zero-order valence-electron chi connectivity index (χ0n) is 17.9. The highest BCUT2D eigenvalue weighted by atomic mass is 32.1. The SMILES string of the molecule is C#C.C/C=C(\C(F)=C/CN/C=C(\N)CNC)N(CC)CCS.O=Cc1cnccn1. The van der Waals surface area contributed by atoms with Crippen LogP contribution in [-0.2, 0) is 0 Å². The first kappa shape index (κ1) is 29.4. The third-order valence-electron chi connectivity index (χ3n) is 3.38. The predicted octanol–water partition coefficient (Wildman–Crippen LogP) is 2.14. The summed E-state index contributed by atoms with van der Waals surface area (Å²) >= 11 is 4.19. The molecule has 7 nitrogen and oxygen atoms in total. The van der Waals surface area contributed by atoms with Gasteiger partial charge in [-0.3, -0.25) is 14.8 Å². The second-order valence-corrected chi connectivity index (χ2v) is 5.88. The molecule has 0 saturated heterocycles. The quantitative estimate of drug-likeness (QED) is 0.139. The van der Waals surface area contributed by atoms with E-state index in [2.05, 4.69) is 46.1 Å². The summed E-state index contributed by atoms with van der Waals surface area (Å²) in [5.41, 5.74) is 7.34. The number of rotatable bonds is 11. The van der Waals surface area contributed by atoms with Gasteiger partial charge in [0.25, 0.3) is 0 Å². The number of terminal acetylenes is 1. The number of aromatic nitrogens is 2. The third kappa shape index (κ3) is 14.2. The zero-order valence-corrected chi connectivity index (χ0v) is 18.8. The summed E-state index contributed by atoms with van der Waals surface area (Å²) in [7, 11) is 1.82. The molecule has 0 aliphatic rings. The normalized spacial score (nSPS) is 11.4. The van der Waals surface area contributed by atoms with E-state index >= 15 is 0 Å².